The van der Waals surface area contributed by atoms with E-state index in [1.807, 2.05) is 56.0 Å². The lowest BCUT2D eigenvalue weighted by Gasteiger charge is -2.29. The molecule has 22 heteroatoms. The van der Waals surface area contributed by atoms with E-state index >= 15 is 0 Å². The second-order valence-electron chi connectivity index (χ2n) is 19.6. The number of morpholine rings is 4. The molecule has 4 aliphatic heterocycles. The standard InChI is InChI=1S/C15H20N2O5.C15H22N2O3.C12H13N3O2.C11H14N2O3.C2H4/c1-15(2,3)22-14(18)12-5-4-11(10-13(12)17(19)20)16-6-8-21-9-7-16;1-15(2,3)20-14(18)12-5-4-11(10-13(12)16)17-6-8-19-9-7-17;16-12-10-2-1-9(7-11(10)13-8-14-12)15-3-5-17-6-4-15;12-10-7-8(1-2-9(10)11(14)15)13-3-5-16-6-4-13;1-2/h4-5,10H,6-9H2,1-3H3;4-5,10H,6-9,16H2,1-3H3;1-2,7-8H,3-6H2,(H,13,14,16);1-2,7H,3-6,12H2,(H,14,15);1-2H2. The SMILES string of the molecule is C=C.CC(C)(C)OC(=O)c1ccc(N2CCOCC2)cc1N.CC(C)(C)OC(=O)c1ccc(N2CCOCC2)cc1[N+](=O)[O-].Nc1cc(N2CCOCC2)ccc1C(=O)O.O=c1[nH]cnc2cc(N3CCOCC3)ccc12. The Morgan fingerprint density at radius 1 is 0.597 bits per heavy atom. The largest absolute Gasteiger partial charge is 0.478 e. The zero-order valence-electron chi connectivity index (χ0n) is 44.9. The number of nitrogens with one attached hydrogen (secondary N) is 1. The average Bonchev–Trinajstić information content (AvgIpc) is 3.42. The first kappa shape index (κ1) is 60.1. The fourth-order valence-electron chi connectivity index (χ4n) is 8.12. The van der Waals surface area contributed by atoms with E-state index in [2.05, 4.69) is 37.8 Å². The first-order valence-electron chi connectivity index (χ1n) is 25.2. The molecule has 0 aliphatic carbocycles. The minimum absolute atomic E-state index is 0.0306. The number of carboxylic acid groups (broad SMARTS) is 1. The van der Waals surface area contributed by atoms with Crippen LogP contribution in [0.15, 0.2) is 97.1 Å². The number of aromatic amines is 1. The van der Waals surface area contributed by atoms with Crippen molar-refractivity contribution in [1.82, 2.24) is 9.97 Å². The third kappa shape index (κ3) is 18.2. The highest BCUT2D eigenvalue weighted by Crippen LogP contribution is 2.29. The molecule has 4 aliphatic rings. The van der Waals surface area contributed by atoms with Crippen LogP contribution in [0.2, 0.25) is 0 Å². The quantitative estimate of drug-likeness (QED) is 0.0408. The molecule has 0 unspecified atom stereocenters. The van der Waals surface area contributed by atoms with E-state index in [9.17, 15) is 29.3 Å². The lowest BCUT2D eigenvalue weighted by molar-refractivity contribution is -0.385. The van der Waals surface area contributed by atoms with Gasteiger partial charge in [0.1, 0.15) is 16.8 Å². The van der Waals surface area contributed by atoms with E-state index in [0.717, 1.165) is 75.1 Å². The van der Waals surface area contributed by atoms with Crippen molar-refractivity contribution in [2.45, 2.75) is 52.7 Å². The van der Waals surface area contributed by atoms with Gasteiger partial charge in [-0.2, -0.15) is 0 Å². The molecule has 416 valence electrons. The summed E-state index contributed by atoms with van der Waals surface area (Å²) in [5.41, 5.74) is 15.9. The molecule has 0 atom stereocenters. The molecule has 0 amide bonds. The van der Waals surface area contributed by atoms with E-state index in [0.29, 0.717) is 80.7 Å². The highest BCUT2D eigenvalue weighted by Gasteiger charge is 2.28. The highest BCUT2D eigenvalue weighted by atomic mass is 16.6. The van der Waals surface area contributed by atoms with E-state index in [-0.39, 0.29) is 28.3 Å². The first-order chi connectivity index (χ1) is 36.7. The van der Waals surface area contributed by atoms with Gasteiger partial charge >= 0.3 is 17.9 Å². The van der Waals surface area contributed by atoms with Gasteiger partial charge in [-0.15, -0.1) is 13.2 Å². The zero-order chi connectivity index (χ0) is 56.3. The number of nitrogen functional groups attached to an aromatic ring is 2. The van der Waals surface area contributed by atoms with E-state index in [4.69, 9.17) is 45.0 Å². The van der Waals surface area contributed by atoms with Crippen molar-refractivity contribution in [3.8, 4) is 0 Å². The van der Waals surface area contributed by atoms with Crippen LogP contribution in [0.1, 0.15) is 72.6 Å². The Balaban J connectivity index is 0.000000188. The second-order valence-corrected chi connectivity index (χ2v) is 19.6. The van der Waals surface area contributed by atoms with Gasteiger partial charge in [0.15, 0.2) is 0 Å². The van der Waals surface area contributed by atoms with Crippen molar-refractivity contribution in [3.63, 3.8) is 0 Å². The van der Waals surface area contributed by atoms with Crippen molar-refractivity contribution in [1.29, 1.82) is 0 Å². The molecule has 4 saturated heterocycles. The minimum Gasteiger partial charge on any atom is -0.478 e. The number of nitro benzene ring substituents is 1. The van der Waals surface area contributed by atoms with Crippen molar-refractivity contribution in [2.75, 3.05) is 136 Å². The third-order valence-corrected chi connectivity index (χ3v) is 11.8. The predicted octanol–water partition coefficient (Wildman–Crippen LogP) is 6.81. The predicted molar refractivity (Wildman–Crippen MR) is 298 cm³/mol. The van der Waals surface area contributed by atoms with Gasteiger partial charge in [0.25, 0.3) is 11.2 Å². The molecular formula is C55H73N9O13. The number of esters is 2. The Hall–Kier alpha value is -7.79. The zero-order valence-corrected chi connectivity index (χ0v) is 44.9. The Kier molecular flexibility index (Phi) is 22.1. The molecule has 0 radical (unpaired) electrons. The van der Waals surface area contributed by atoms with Crippen LogP contribution in [-0.4, -0.2) is 154 Å². The number of hydrogen-bond acceptors (Lipinski definition) is 19. The van der Waals surface area contributed by atoms with Gasteiger partial charge in [0.2, 0.25) is 0 Å². The highest BCUT2D eigenvalue weighted by molar-refractivity contribution is 5.97. The number of carbonyl (C=O) groups is 3. The molecule has 4 fully saturated rings. The van der Waals surface area contributed by atoms with E-state index < -0.39 is 28.1 Å². The first-order valence-corrected chi connectivity index (χ1v) is 25.2. The van der Waals surface area contributed by atoms with E-state index in [1.165, 1.54) is 18.5 Å². The maximum absolute atomic E-state index is 12.1. The number of nitrogens with zero attached hydrogens (tertiary/aromatic N) is 6. The van der Waals surface area contributed by atoms with Crippen LogP contribution in [0.3, 0.4) is 0 Å². The van der Waals surface area contributed by atoms with Gasteiger partial charge in [-0.3, -0.25) is 14.9 Å². The molecule has 77 heavy (non-hydrogen) atoms. The van der Waals surface area contributed by atoms with Gasteiger partial charge in [-0.05, 0) is 108 Å². The summed E-state index contributed by atoms with van der Waals surface area (Å²) in [4.78, 5) is 72.5. The van der Waals surface area contributed by atoms with Crippen molar-refractivity contribution in [2.24, 2.45) is 0 Å². The Bertz CT molecular complexity index is 2830. The number of nitrogens with two attached hydrogens (primary N) is 2. The molecule has 0 saturated carbocycles. The number of carboxylic acids is 1. The van der Waals surface area contributed by atoms with Gasteiger partial charge in [0, 0.05) is 92.5 Å². The Labute approximate surface area is 448 Å². The molecule has 22 nitrogen and oxygen atoms in total. The number of aromatic nitrogens is 2. The fraction of sp³-hybridized carbons (Fsp3) is 0.436. The van der Waals surface area contributed by atoms with Gasteiger partial charge in [0.05, 0.1) is 86.1 Å². The number of H-pyrrole nitrogens is 1. The maximum atomic E-state index is 12.1. The van der Waals surface area contributed by atoms with Crippen LogP contribution in [0.4, 0.5) is 39.8 Å². The fourth-order valence-corrected chi connectivity index (χ4v) is 8.12. The molecule has 6 N–H and O–H groups in total. The molecule has 9 rings (SSSR count). The summed E-state index contributed by atoms with van der Waals surface area (Å²) < 4.78 is 31.7. The molecule has 0 bridgehead atoms. The number of benzene rings is 4. The number of hydrogen-bond donors (Lipinski definition) is 4. The number of anilines is 6. The summed E-state index contributed by atoms with van der Waals surface area (Å²) in [5, 5.41) is 20.8. The maximum Gasteiger partial charge on any atom is 0.345 e. The van der Waals surface area contributed by atoms with Gasteiger partial charge in [-0.25, -0.2) is 19.4 Å². The average molecular weight is 1070 g/mol. The Morgan fingerprint density at radius 3 is 1.32 bits per heavy atom. The minimum atomic E-state index is -0.994. The van der Waals surface area contributed by atoms with Crippen LogP contribution in [0, 0.1) is 10.1 Å². The normalized spacial score (nSPS) is 15.6. The molecule has 0 spiro atoms. The lowest BCUT2D eigenvalue weighted by Crippen LogP contribution is -2.36. The molecular weight excluding hydrogens is 995 g/mol. The van der Waals surface area contributed by atoms with Crippen LogP contribution >= 0.6 is 0 Å². The molecule has 5 aromatic rings. The van der Waals surface area contributed by atoms with Gasteiger partial charge in [-0.1, -0.05) is 0 Å². The summed E-state index contributed by atoms with van der Waals surface area (Å²) in [5.74, 6) is -2.07. The second kappa shape index (κ2) is 28.4. The summed E-state index contributed by atoms with van der Waals surface area (Å²) >= 11 is 0. The van der Waals surface area contributed by atoms with Crippen molar-refractivity contribution < 1.29 is 52.8 Å². The third-order valence-electron chi connectivity index (χ3n) is 11.8. The lowest BCUT2D eigenvalue weighted by atomic mass is 10.1. The van der Waals surface area contributed by atoms with Crippen molar-refractivity contribution in [3.05, 3.63) is 129 Å². The molecule has 4 aromatic carbocycles. The van der Waals surface area contributed by atoms with Crippen LogP contribution in [-0.2, 0) is 28.4 Å². The number of nitro groups is 1. The van der Waals surface area contributed by atoms with Crippen LogP contribution in [0.5, 0.6) is 0 Å². The number of ether oxygens (including phenoxy) is 6. The summed E-state index contributed by atoms with van der Waals surface area (Å²) in [6.07, 6.45) is 1.44. The summed E-state index contributed by atoms with van der Waals surface area (Å²) in [6, 6.07) is 20.8. The summed E-state index contributed by atoms with van der Waals surface area (Å²) in [7, 11) is 0. The number of rotatable bonds is 8. The topological polar surface area (TPSA) is 281 Å². The van der Waals surface area contributed by atoms with Crippen LogP contribution in [0.25, 0.3) is 10.9 Å². The van der Waals surface area contributed by atoms with Crippen molar-refractivity contribution >= 4 is 68.6 Å². The molecule has 1 aromatic heterocycles. The number of fused-ring (bicyclic) bond motifs is 1. The smallest absolute Gasteiger partial charge is 0.345 e. The molecule has 5 heterocycles. The van der Waals surface area contributed by atoms with Crippen LogP contribution < -0.4 is 36.6 Å². The van der Waals surface area contributed by atoms with E-state index in [1.54, 1.807) is 51.1 Å². The number of aromatic carboxylic acids is 1. The summed E-state index contributed by atoms with van der Waals surface area (Å²) in [6.45, 7) is 28.6. The monoisotopic (exact) mass is 1070 g/mol. The Morgan fingerprint density at radius 2 is 0.948 bits per heavy atom. The number of carbonyl (C=O) groups excluding carboxylic acids is 2. The van der Waals surface area contributed by atoms with Gasteiger partial charge < -0.3 is 69.6 Å².